The van der Waals surface area contributed by atoms with Crippen molar-refractivity contribution >= 4 is 16.5 Å². The van der Waals surface area contributed by atoms with Gasteiger partial charge in [-0.15, -0.1) is 0 Å². The molecule has 0 fully saturated rings. The van der Waals surface area contributed by atoms with E-state index in [1.807, 2.05) is 12.2 Å². The third-order valence-corrected chi connectivity index (χ3v) is 9.93. The van der Waals surface area contributed by atoms with Crippen LogP contribution in [0.1, 0.15) is 158 Å². The fourth-order valence-corrected chi connectivity index (χ4v) is 6.49. The van der Waals surface area contributed by atoms with Crippen molar-refractivity contribution in [1.29, 1.82) is 0 Å². The highest BCUT2D eigenvalue weighted by Crippen LogP contribution is 2.36. The van der Waals surface area contributed by atoms with Crippen molar-refractivity contribution in [2.75, 3.05) is 0 Å². The second-order valence-corrected chi connectivity index (χ2v) is 16.3. The Balaban J connectivity index is 1.62. The van der Waals surface area contributed by atoms with Gasteiger partial charge >= 0.3 is 10.4 Å². The normalized spacial score (nSPS) is 17.6. The van der Waals surface area contributed by atoms with Gasteiger partial charge < -0.3 is 8.92 Å². The Kier molecular flexibility index (Phi) is 20.1. The quantitative estimate of drug-likeness (QED) is 0.0896. The maximum absolute atomic E-state index is 11.0. The average molecular weight is 733 g/mol. The van der Waals surface area contributed by atoms with Crippen LogP contribution in [0.2, 0.25) is 0 Å². The number of hydrogen-bond acceptors (Lipinski definition) is 4. The summed E-state index contributed by atoms with van der Waals surface area (Å²) in [5.41, 5.74) is 10.5. The molecule has 1 aromatic rings. The maximum atomic E-state index is 11.0. The van der Waals surface area contributed by atoms with Crippen molar-refractivity contribution in [3.63, 3.8) is 0 Å². The van der Waals surface area contributed by atoms with E-state index < -0.39 is 16.0 Å². The molecule has 0 bridgehead atoms. The summed E-state index contributed by atoms with van der Waals surface area (Å²) in [7, 11) is -4.56. The van der Waals surface area contributed by atoms with Crippen LogP contribution in [-0.2, 0) is 10.4 Å². The summed E-state index contributed by atoms with van der Waals surface area (Å²) in [6, 6.07) is 4.68. The molecule has 0 saturated carbocycles. The molecule has 0 spiro atoms. The number of benzene rings is 1. The number of hydrogen-bond donors (Lipinski definition) is 1. The van der Waals surface area contributed by atoms with Crippen LogP contribution in [0.5, 0.6) is 11.5 Å². The summed E-state index contributed by atoms with van der Waals surface area (Å²) in [5, 5.41) is 0. The molecule has 1 aromatic carbocycles. The van der Waals surface area contributed by atoms with Crippen LogP contribution in [0.3, 0.4) is 0 Å². The van der Waals surface area contributed by atoms with Crippen molar-refractivity contribution in [3.8, 4) is 11.5 Å². The Labute approximate surface area is 318 Å². The van der Waals surface area contributed by atoms with E-state index in [1.165, 1.54) is 57.6 Å². The molecule has 1 unspecified atom stereocenters. The van der Waals surface area contributed by atoms with Crippen molar-refractivity contribution in [2.24, 2.45) is 0 Å². The van der Waals surface area contributed by atoms with Crippen molar-refractivity contribution in [2.45, 2.75) is 158 Å². The minimum absolute atomic E-state index is 0.0436. The van der Waals surface area contributed by atoms with Crippen LogP contribution < -0.4 is 8.92 Å². The van der Waals surface area contributed by atoms with Gasteiger partial charge in [0.25, 0.3) is 0 Å². The second-order valence-electron chi connectivity index (χ2n) is 15.3. The van der Waals surface area contributed by atoms with Gasteiger partial charge in [0.05, 0.1) is 0 Å². The lowest BCUT2D eigenvalue weighted by molar-refractivity contribution is 0.128. The molecule has 1 atom stereocenters. The zero-order valence-electron chi connectivity index (χ0n) is 33.8. The molecule has 5 nitrogen and oxygen atoms in total. The number of rotatable bonds is 23. The van der Waals surface area contributed by atoms with Gasteiger partial charge in [-0.2, -0.15) is 8.42 Å². The van der Waals surface area contributed by atoms with E-state index >= 15 is 0 Å². The van der Waals surface area contributed by atoms with Gasteiger partial charge in [0, 0.05) is 5.56 Å². The monoisotopic (exact) mass is 732 g/mol. The van der Waals surface area contributed by atoms with Gasteiger partial charge in [0.1, 0.15) is 17.1 Å². The van der Waals surface area contributed by atoms with Crippen LogP contribution in [0.15, 0.2) is 106 Å². The van der Waals surface area contributed by atoms with Crippen LogP contribution >= 0.6 is 0 Å². The third kappa shape index (κ3) is 20.6. The van der Waals surface area contributed by atoms with Crippen LogP contribution in [0.4, 0.5) is 0 Å². The molecule has 0 aliphatic carbocycles. The lowest BCUT2D eigenvalue weighted by Crippen LogP contribution is -2.31. The first-order valence-corrected chi connectivity index (χ1v) is 20.7. The second kappa shape index (κ2) is 23.3. The van der Waals surface area contributed by atoms with Crippen molar-refractivity contribution in [3.05, 3.63) is 111 Å². The van der Waals surface area contributed by atoms with Crippen molar-refractivity contribution < 1.29 is 21.9 Å². The molecular formula is C46H68O5S. The molecular weight excluding hydrogens is 665 g/mol. The minimum atomic E-state index is -4.56. The van der Waals surface area contributed by atoms with Crippen molar-refractivity contribution in [1.82, 2.24) is 0 Å². The van der Waals surface area contributed by atoms with E-state index in [0.717, 1.165) is 83.5 Å². The third-order valence-electron chi connectivity index (χ3n) is 9.52. The van der Waals surface area contributed by atoms with Crippen LogP contribution in [0, 0.1) is 0 Å². The molecule has 2 rings (SSSR count). The summed E-state index contributed by atoms with van der Waals surface area (Å²) in [4.78, 5) is 0. The molecule has 1 aliphatic heterocycles. The Hall–Kier alpha value is -3.35. The lowest BCUT2D eigenvalue weighted by atomic mass is 9.94. The molecule has 0 aromatic heterocycles. The Morgan fingerprint density at radius 2 is 1.02 bits per heavy atom. The lowest BCUT2D eigenvalue weighted by Gasteiger charge is -2.31. The SMILES string of the molecule is CC(C)=CCCC(C)=CCCC(C)=CCCC(C)=CCCC(C)=CCCC(C)=CCCC(C)=CCCC1(C)C=Cc2cc(OS(=O)(=O)O)ccc2O1. The first-order valence-electron chi connectivity index (χ1n) is 19.3. The van der Waals surface area contributed by atoms with Gasteiger partial charge in [0.15, 0.2) is 0 Å². The highest BCUT2D eigenvalue weighted by atomic mass is 32.3. The highest BCUT2D eigenvalue weighted by Gasteiger charge is 2.27. The molecule has 0 saturated heterocycles. The van der Waals surface area contributed by atoms with Crippen LogP contribution in [-0.4, -0.2) is 18.6 Å². The predicted octanol–water partition coefficient (Wildman–Crippen LogP) is 14.1. The summed E-state index contributed by atoms with van der Waals surface area (Å²) in [6.07, 6.45) is 35.9. The molecule has 1 N–H and O–H groups in total. The van der Waals surface area contributed by atoms with E-state index in [4.69, 9.17) is 9.29 Å². The van der Waals surface area contributed by atoms with Gasteiger partial charge in [0.2, 0.25) is 0 Å². The van der Waals surface area contributed by atoms with E-state index in [0.29, 0.717) is 11.3 Å². The molecule has 1 heterocycles. The topological polar surface area (TPSA) is 72.8 Å². The van der Waals surface area contributed by atoms with Gasteiger partial charge in [-0.1, -0.05) is 87.6 Å². The minimum Gasteiger partial charge on any atom is -0.483 e. The fraction of sp³-hybridized carbons (Fsp3) is 0.522. The van der Waals surface area contributed by atoms with Gasteiger partial charge in [-0.25, -0.2) is 0 Å². The van der Waals surface area contributed by atoms with E-state index in [1.54, 1.807) is 6.07 Å². The summed E-state index contributed by atoms with van der Waals surface area (Å²) in [5.74, 6) is 0.702. The maximum Gasteiger partial charge on any atom is 0.446 e. The Bertz CT molecular complexity index is 1640. The fourth-order valence-electron chi connectivity index (χ4n) is 6.15. The number of ether oxygens (including phenoxy) is 1. The largest absolute Gasteiger partial charge is 0.483 e. The number of allylic oxidation sites excluding steroid dienone is 14. The van der Waals surface area contributed by atoms with Crippen LogP contribution in [0.25, 0.3) is 6.08 Å². The predicted molar refractivity (Wildman–Crippen MR) is 223 cm³/mol. The zero-order chi connectivity index (χ0) is 38.6. The standard InChI is InChI=1S/C46H68O5S/c1-36(2)17-10-18-37(3)19-11-20-38(4)21-12-22-39(5)23-13-24-40(6)25-14-26-41(7)27-15-28-42(8)29-16-33-46(9)34-32-43-35-44(51-52(47,48)49)30-31-45(43)50-46/h17,19,21,23,25,27,29-32,34-35H,10-16,18,20,22,24,26,28,33H2,1-9H3,(H,47,48,49). The first kappa shape index (κ1) is 44.8. The van der Waals surface area contributed by atoms with E-state index in [-0.39, 0.29) is 5.75 Å². The van der Waals surface area contributed by atoms with E-state index in [9.17, 15) is 8.42 Å². The molecule has 0 radical (unpaired) electrons. The smallest absolute Gasteiger partial charge is 0.446 e. The molecule has 52 heavy (non-hydrogen) atoms. The summed E-state index contributed by atoms with van der Waals surface area (Å²) < 4.78 is 41.7. The molecule has 0 amide bonds. The zero-order valence-corrected chi connectivity index (χ0v) is 34.6. The Morgan fingerprint density at radius 3 is 1.40 bits per heavy atom. The summed E-state index contributed by atoms with van der Waals surface area (Å²) >= 11 is 0. The van der Waals surface area contributed by atoms with Gasteiger partial charge in [-0.05, 0) is 176 Å². The molecule has 6 heteroatoms. The van der Waals surface area contributed by atoms with E-state index in [2.05, 4.69) is 109 Å². The molecule has 288 valence electrons. The molecule has 1 aliphatic rings. The highest BCUT2D eigenvalue weighted by molar-refractivity contribution is 7.81. The first-order chi connectivity index (χ1) is 24.5. The number of fused-ring (bicyclic) bond motifs is 1. The Morgan fingerprint density at radius 1 is 0.635 bits per heavy atom. The average Bonchev–Trinajstić information content (AvgIpc) is 3.04. The van der Waals surface area contributed by atoms with Gasteiger partial charge in [-0.3, -0.25) is 4.55 Å². The summed E-state index contributed by atoms with van der Waals surface area (Å²) in [6.45, 7) is 19.9.